The Morgan fingerprint density at radius 3 is 2.65 bits per heavy atom. The number of pyridine rings is 1. The van der Waals surface area contributed by atoms with Crippen LogP contribution in [0.25, 0.3) is 0 Å². The molecule has 0 aliphatic carbocycles. The predicted molar refractivity (Wildman–Crippen MR) is 77.7 cm³/mol. The summed E-state index contributed by atoms with van der Waals surface area (Å²) in [5.41, 5.74) is 7.27. The summed E-state index contributed by atoms with van der Waals surface area (Å²) in [7, 11) is 0. The van der Waals surface area contributed by atoms with E-state index >= 15 is 0 Å². The lowest BCUT2D eigenvalue weighted by Crippen LogP contribution is -2.26. The Hall–Kier alpha value is -2.37. The standard InChI is InChI=1S/C14H17N5O/c15-13-4-3-11(8-16-13)10-19-14(20)7-12(9-17-19)18-5-1-2-6-18/h3-4,7-9H,1-2,5-6,10H2,(H2,15,16). The number of hydrogen-bond acceptors (Lipinski definition) is 5. The average Bonchev–Trinajstić information content (AvgIpc) is 2.97. The molecule has 2 N–H and O–H groups in total. The smallest absolute Gasteiger partial charge is 0.269 e. The molecule has 0 aromatic carbocycles. The maximum Gasteiger partial charge on any atom is 0.269 e. The Balaban J connectivity index is 1.80. The van der Waals surface area contributed by atoms with Crippen molar-refractivity contribution in [2.75, 3.05) is 23.7 Å². The van der Waals surface area contributed by atoms with Crippen LogP contribution in [0.5, 0.6) is 0 Å². The van der Waals surface area contributed by atoms with Crippen LogP contribution in [0.15, 0.2) is 35.4 Å². The summed E-state index contributed by atoms with van der Waals surface area (Å²) < 4.78 is 1.44. The molecule has 0 atom stereocenters. The molecule has 20 heavy (non-hydrogen) atoms. The quantitative estimate of drug-likeness (QED) is 0.896. The molecule has 104 valence electrons. The third-order valence-corrected chi connectivity index (χ3v) is 3.51. The van der Waals surface area contributed by atoms with Crippen molar-refractivity contribution in [3.05, 3.63) is 46.5 Å². The minimum atomic E-state index is -0.0915. The van der Waals surface area contributed by atoms with E-state index in [1.807, 2.05) is 6.07 Å². The van der Waals surface area contributed by atoms with E-state index in [0.29, 0.717) is 12.4 Å². The van der Waals surface area contributed by atoms with Crippen molar-refractivity contribution in [1.82, 2.24) is 14.8 Å². The van der Waals surface area contributed by atoms with Gasteiger partial charge in [0.15, 0.2) is 0 Å². The van der Waals surface area contributed by atoms with Crippen LogP contribution in [0.3, 0.4) is 0 Å². The van der Waals surface area contributed by atoms with E-state index in [9.17, 15) is 4.79 Å². The first-order valence-corrected chi connectivity index (χ1v) is 6.75. The Labute approximate surface area is 116 Å². The molecule has 1 aliphatic heterocycles. The third kappa shape index (κ3) is 2.64. The molecule has 3 heterocycles. The maximum absolute atomic E-state index is 12.1. The van der Waals surface area contributed by atoms with Gasteiger partial charge in [-0.1, -0.05) is 6.07 Å². The Kier molecular flexibility index (Phi) is 3.37. The van der Waals surface area contributed by atoms with Crippen molar-refractivity contribution in [2.45, 2.75) is 19.4 Å². The van der Waals surface area contributed by atoms with Crippen LogP contribution in [-0.4, -0.2) is 27.9 Å². The highest BCUT2D eigenvalue weighted by atomic mass is 16.1. The molecular formula is C14H17N5O. The third-order valence-electron chi connectivity index (χ3n) is 3.51. The molecule has 0 amide bonds. The van der Waals surface area contributed by atoms with Gasteiger partial charge in [-0.15, -0.1) is 0 Å². The Morgan fingerprint density at radius 1 is 1.20 bits per heavy atom. The lowest BCUT2D eigenvalue weighted by molar-refractivity contribution is 0.636. The number of aromatic nitrogens is 3. The molecule has 2 aromatic rings. The summed E-state index contributed by atoms with van der Waals surface area (Å²) in [6, 6.07) is 5.23. The van der Waals surface area contributed by atoms with Crippen molar-refractivity contribution in [3.8, 4) is 0 Å². The Bertz CT molecular complexity index is 643. The zero-order valence-electron chi connectivity index (χ0n) is 11.2. The van der Waals surface area contributed by atoms with E-state index in [1.54, 1.807) is 24.5 Å². The summed E-state index contributed by atoms with van der Waals surface area (Å²) in [5, 5.41) is 4.24. The summed E-state index contributed by atoms with van der Waals surface area (Å²) in [5.74, 6) is 0.471. The van der Waals surface area contributed by atoms with Gasteiger partial charge in [-0.05, 0) is 24.5 Å². The molecule has 6 heteroatoms. The number of hydrogen-bond donors (Lipinski definition) is 1. The van der Waals surface area contributed by atoms with Crippen LogP contribution in [0, 0.1) is 0 Å². The van der Waals surface area contributed by atoms with Crippen molar-refractivity contribution >= 4 is 11.5 Å². The lowest BCUT2D eigenvalue weighted by atomic mass is 10.3. The highest BCUT2D eigenvalue weighted by molar-refractivity contribution is 5.43. The number of nitrogen functional groups attached to an aromatic ring is 1. The first kappa shape index (κ1) is 12.7. The molecule has 1 fully saturated rings. The first-order valence-electron chi connectivity index (χ1n) is 6.75. The van der Waals surface area contributed by atoms with Gasteiger partial charge >= 0.3 is 0 Å². The second-order valence-electron chi connectivity index (χ2n) is 5.00. The van der Waals surface area contributed by atoms with E-state index in [0.717, 1.165) is 24.3 Å². The van der Waals surface area contributed by atoms with Crippen molar-refractivity contribution in [1.29, 1.82) is 0 Å². The van der Waals surface area contributed by atoms with Crippen LogP contribution in [0.4, 0.5) is 11.5 Å². The van der Waals surface area contributed by atoms with Crippen LogP contribution in [0.2, 0.25) is 0 Å². The topological polar surface area (TPSA) is 77.0 Å². The monoisotopic (exact) mass is 271 g/mol. The molecule has 2 aromatic heterocycles. The fourth-order valence-corrected chi connectivity index (χ4v) is 2.39. The zero-order chi connectivity index (χ0) is 13.9. The number of nitrogens with zero attached hydrogens (tertiary/aromatic N) is 4. The van der Waals surface area contributed by atoms with Gasteiger partial charge in [-0.25, -0.2) is 9.67 Å². The minimum Gasteiger partial charge on any atom is -0.384 e. The fraction of sp³-hybridized carbons (Fsp3) is 0.357. The second-order valence-corrected chi connectivity index (χ2v) is 5.00. The molecule has 0 unspecified atom stereocenters. The van der Waals surface area contributed by atoms with Crippen LogP contribution >= 0.6 is 0 Å². The van der Waals surface area contributed by atoms with Crippen molar-refractivity contribution in [3.63, 3.8) is 0 Å². The molecule has 0 radical (unpaired) electrons. The van der Waals surface area contributed by atoms with E-state index in [4.69, 9.17) is 5.73 Å². The maximum atomic E-state index is 12.1. The van der Waals surface area contributed by atoms with Gasteiger partial charge in [0.2, 0.25) is 0 Å². The fourth-order valence-electron chi connectivity index (χ4n) is 2.39. The number of nitrogens with two attached hydrogens (primary N) is 1. The number of anilines is 2. The van der Waals surface area contributed by atoms with E-state index in [1.165, 1.54) is 17.5 Å². The highest BCUT2D eigenvalue weighted by Crippen LogP contribution is 2.16. The SMILES string of the molecule is Nc1ccc(Cn2ncc(N3CCCC3)cc2=O)cn1. The van der Waals surface area contributed by atoms with Gasteiger partial charge in [0.25, 0.3) is 5.56 Å². The van der Waals surface area contributed by atoms with Gasteiger partial charge in [-0.2, -0.15) is 5.10 Å². The largest absolute Gasteiger partial charge is 0.384 e. The molecule has 1 saturated heterocycles. The summed E-state index contributed by atoms with van der Waals surface area (Å²) in [6.07, 6.45) is 5.79. The minimum absolute atomic E-state index is 0.0915. The van der Waals surface area contributed by atoms with Crippen LogP contribution < -0.4 is 16.2 Å². The Morgan fingerprint density at radius 2 is 2.00 bits per heavy atom. The van der Waals surface area contributed by atoms with Crippen molar-refractivity contribution < 1.29 is 0 Å². The molecular weight excluding hydrogens is 254 g/mol. The van der Waals surface area contributed by atoms with Gasteiger partial charge in [0.1, 0.15) is 5.82 Å². The molecule has 6 nitrogen and oxygen atoms in total. The van der Waals surface area contributed by atoms with Crippen LogP contribution in [0.1, 0.15) is 18.4 Å². The molecule has 3 rings (SSSR count). The van der Waals surface area contributed by atoms with E-state index in [-0.39, 0.29) is 5.56 Å². The second kappa shape index (κ2) is 5.32. The van der Waals surface area contributed by atoms with Gasteiger partial charge in [0, 0.05) is 25.4 Å². The van der Waals surface area contributed by atoms with E-state index in [2.05, 4.69) is 15.0 Å². The predicted octanol–water partition coefficient (Wildman–Crippen LogP) is 0.869. The van der Waals surface area contributed by atoms with Crippen molar-refractivity contribution in [2.24, 2.45) is 0 Å². The van der Waals surface area contributed by atoms with E-state index < -0.39 is 0 Å². The first-order chi connectivity index (χ1) is 9.72. The summed E-state index contributed by atoms with van der Waals surface area (Å²) in [4.78, 5) is 18.3. The van der Waals surface area contributed by atoms with Gasteiger partial charge in [-0.3, -0.25) is 4.79 Å². The summed E-state index contributed by atoms with van der Waals surface area (Å²) >= 11 is 0. The van der Waals surface area contributed by atoms with Gasteiger partial charge < -0.3 is 10.6 Å². The van der Waals surface area contributed by atoms with Gasteiger partial charge in [0.05, 0.1) is 18.4 Å². The zero-order valence-corrected chi connectivity index (χ0v) is 11.2. The highest BCUT2D eigenvalue weighted by Gasteiger charge is 2.13. The molecule has 0 spiro atoms. The molecule has 0 saturated carbocycles. The lowest BCUT2D eigenvalue weighted by Gasteiger charge is -2.17. The molecule has 1 aliphatic rings. The van der Waals surface area contributed by atoms with Crippen LogP contribution in [-0.2, 0) is 6.54 Å². The summed E-state index contributed by atoms with van der Waals surface area (Å²) in [6.45, 7) is 2.42. The number of rotatable bonds is 3. The normalized spacial score (nSPS) is 14.7. The molecule has 0 bridgehead atoms. The average molecular weight is 271 g/mol.